The molecule has 6 nitrogen and oxygen atoms in total. The fraction of sp³-hybridized carbons (Fsp3) is 0.462. The van der Waals surface area contributed by atoms with Crippen molar-refractivity contribution in [2.75, 3.05) is 25.4 Å². The third kappa shape index (κ3) is 3.01. The normalized spacial score (nSPS) is 15.5. The molecule has 0 saturated carbocycles. The minimum Gasteiger partial charge on any atom is -0.384 e. The Kier molecular flexibility index (Phi) is 3.69. The topological polar surface area (TPSA) is 88.3 Å². The van der Waals surface area contributed by atoms with Crippen molar-refractivity contribution in [1.82, 2.24) is 15.2 Å². The van der Waals surface area contributed by atoms with Crippen molar-refractivity contribution >= 4 is 17.6 Å². The van der Waals surface area contributed by atoms with Gasteiger partial charge in [0.25, 0.3) is 5.91 Å². The molecule has 1 aliphatic rings. The van der Waals surface area contributed by atoms with E-state index in [1.54, 1.807) is 12.1 Å². The Morgan fingerprint density at radius 3 is 2.84 bits per heavy atom. The van der Waals surface area contributed by atoms with Crippen LogP contribution < -0.4 is 11.1 Å². The van der Waals surface area contributed by atoms with Gasteiger partial charge in [0.2, 0.25) is 5.91 Å². The van der Waals surface area contributed by atoms with E-state index in [1.807, 2.05) is 13.8 Å². The lowest BCUT2D eigenvalue weighted by Gasteiger charge is -2.27. The summed E-state index contributed by atoms with van der Waals surface area (Å²) < 4.78 is 0. The van der Waals surface area contributed by atoms with Crippen molar-refractivity contribution in [2.24, 2.45) is 0 Å². The molecule has 1 aromatic heterocycles. The highest BCUT2D eigenvalue weighted by molar-refractivity contribution is 5.97. The van der Waals surface area contributed by atoms with Crippen LogP contribution >= 0.6 is 0 Å². The molecule has 6 heteroatoms. The summed E-state index contributed by atoms with van der Waals surface area (Å²) in [4.78, 5) is 29.4. The molecule has 19 heavy (non-hydrogen) atoms. The van der Waals surface area contributed by atoms with Crippen LogP contribution in [0.1, 0.15) is 35.8 Å². The quantitative estimate of drug-likeness (QED) is 0.805. The number of hydrogen-bond donors (Lipinski definition) is 2. The number of nitrogens with one attached hydrogen (secondary N) is 1. The summed E-state index contributed by atoms with van der Waals surface area (Å²) >= 11 is 0. The van der Waals surface area contributed by atoms with E-state index in [9.17, 15) is 9.59 Å². The zero-order chi connectivity index (χ0) is 14.0. The Bertz CT molecular complexity index is 513. The molecule has 0 bridgehead atoms. The van der Waals surface area contributed by atoms with Gasteiger partial charge in [-0.3, -0.25) is 9.59 Å². The van der Waals surface area contributed by atoms with Gasteiger partial charge in [-0.1, -0.05) is 13.8 Å². The fourth-order valence-electron chi connectivity index (χ4n) is 1.99. The summed E-state index contributed by atoms with van der Waals surface area (Å²) in [7, 11) is 0. The third-order valence-corrected chi connectivity index (χ3v) is 3.03. The predicted molar refractivity (Wildman–Crippen MR) is 71.7 cm³/mol. The van der Waals surface area contributed by atoms with Gasteiger partial charge in [-0.15, -0.1) is 0 Å². The van der Waals surface area contributed by atoms with Gasteiger partial charge < -0.3 is 16.0 Å². The largest absolute Gasteiger partial charge is 0.384 e. The fourth-order valence-corrected chi connectivity index (χ4v) is 1.99. The highest BCUT2D eigenvalue weighted by atomic mass is 16.2. The minimum atomic E-state index is -0.175. The van der Waals surface area contributed by atoms with Crippen LogP contribution in [0.25, 0.3) is 0 Å². The third-order valence-electron chi connectivity index (χ3n) is 3.03. The number of nitrogens with zero attached hydrogens (tertiary/aromatic N) is 2. The van der Waals surface area contributed by atoms with E-state index in [4.69, 9.17) is 5.73 Å². The molecule has 102 valence electrons. The number of hydrogen-bond acceptors (Lipinski definition) is 4. The van der Waals surface area contributed by atoms with Crippen LogP contribution in [0.5, 0.6) is 0 Å². The second-order valence-corrected chi connectivity index (χ2v) is 4.94. The lowest BCUT2D eigenvalue weighted by Crippen LogP contribution is -2.50. The number of aromatic nitrogens is 1. The number of nitrogen functional groups attached to an aromatic ring is 1. The molecule has 1 aliphatic heterocycles. The first-order valence-corrected chi connectivity index (χ1v) is 6.31. The molecule has 0 aromatic carbocycles. The zero-order valence-corrected chi connectivity index (χ0v) is 11.1. The van der Waals surface area contributed by atoms with Crippen LogP contribution in [0.15, 0.2) is 12.1 Å². The Hall–Kier alpha value is -2.11. The van der Waals surface area contributed by atoms with Gasteiger partial charge in [0.15, 0.2) is 0 Å². The van der Waals surface area contributed by atoms with Crippen molar-refractivity contribution in [3.63, 3.8) is 0 Å². The molecule has 1 aromatic rings. The lowest BCUT2D eigenvalue weighted by atomic mass is 10.1. The summed E-state index contributed by atoms with van der Waals surface area (Å²) in [5, 5.41) is 2.69. The summed E-state index contributed by atoms with van der Waals surface area (Å²) in [6.07, 6.45) is 0. The van der Waals surface area contributed by atoms with Crippen molar-refractivity contribution in [1.29, 1.82) is 0 Å². The number of pyridine rings is 1. The van der Waals surface area contributed by atoms with E-state index in [-0.39, 0.29) is 24.3 Å². The Balaban J connectivity index is 2.25. The molecule has 1 saturated heterocycles. The predicted octanol–water partition coefficient (Wildman–Crippen LogP) is 0.359. The average molecular weight is 262 g/mol. The van der Waals surface area contributed by atoms with Crippen molar-refractivity contribution < 1.29 is 9.59 Å². The van der Waals surface area contributed by atoms with Gasteiger partial charge in [0, 0.05) is 24.3 Å². The summed E-state index contributed by atoms with van der Waals surface area (Å²) in [6.45, 7) is 5.08. The molecule has 0 radical (unpaired) electrons. The number of piperazine rings is 1. The van der Waals surface area contributed by atoms with Crippen molar-refractivity contribution in [3.05, 3.63) is 23.4 Å². The number of carbonyl (C=O) groups excluding carboxylic acids is 2. The highest BCUT2D eigenvalue weighted by Gasteiger charge is 2.23. The second-order valence-electron chi connectivity index (χ2n) is 4.94. The Morgan fingerprint density at radius 1 is 1.47 bits per heavy atom. The van der Waals surface area contributed by atoms with Gasteiger partial charge in [-0.2, -0.15) is 0 Å². The summed E-state index contributed by atoms with van der Waals surface area (Å²) in [6, 6.07) is 3.30. The van der Waals surface area contributed by atoms with E-state index in [0.717, 1.165) is 5.69 Å². The Morgan fingerprint density at radius 2 is 2.21 bits per heavy atom. The molecule has 3 N–H and O–H groups in total. The minimum absolute atomic E-state index is 0.0953. The molecule has 0 atom stereocenters. The van der Waals surface area contributed by atoms with Gasteiger partial charge in [-0.05, 0) is 18.1 Å². The smallest absolute Gasteiger partial charge is 0.254 e. The van der Waals surface area contributed by atoms with Crippen LogP contribution in [0.3, 0.4) is 0 Å². The number of carbonyl (C=O) groups is 2. The van der Waals surface area contributed by atoms with Crippen molar-refractivity contribution in [2.45, 2.75) is 19.8 Å². The summed E-state index contributed by atoms with van der Waals surface area (Å²) in [5.41, 5.74) is 7.00. The number of amides is 2. The monoisotopic (exact) mass is 262 g/mol. The number of rotatable bonds is 2. The molecular formula is C13H18N4O2. The maximum Gasteiger partial charge on any atom is 0.254 e. The first-order chi connectivity index (χ1) is 8.97. The average Bonchev–Trinajstić information content (AvgIpc) is 2.37. The van der Waals surface area contributed by atoms with Crippen LogP contribution in [-0.2, 0) is 4.79 Å². The number of anilines is 1. The zero-order valence-electron chi connectivity index (χ0n) is 11.1. The van der Waals surface area contributed by atoms with Gasteiger partial charge in [-0.25, -0.2) is 4.98 Å². The molecule has 0 aliphatic carbocycles. The Labute approximate surface area is 112 Å². The van der Waals surface area contributed by atoms with Gasteiger partial charge in [0.1, 0.15) is 5.82 Å². The van der Waals surface area contributed by atoms with Crippen LogP contribution in [-0.4, -0.2) is 41.3 Å². The van der Waals surface area contributed by atoms with Crippen LogP contribution in [0, 0.1) is 0 Å². The van der Waals surface area contributed by atoms with E-state index >= 15 is 0 Å². The first kappa shape index (κ1) is 13.3. The molecule has 0 unspecified atom stereocenters. The lowest BCUT2D eigenvalue weighted by molar-refractivity contribution is -0.123. The molecule has 0 spiro atoms. The standard InChI is InChI=1S/C13H18N4O2/c1-8(2)10-5-9(6-11(14)16-10)13(19)17-4-3-15-12(18)7-17/h5-6,8H,3-4,7H2,1-2H3,(H2,14,16)(H,15,18). The van der Waals surface area contributed by atoms with E-state index in [0.29, 0.717) is 24.5 Å². The second kappa shape index (κ2) is 5.26. The van der Waals surface area contributed by atoms with E-state index < -0.39 is 0 Å². The SMILES string of the molecule is CC(C)c1cc(C(=O)N2CCNC(=O)C2)cc(N)n1. The van der Waals surface area contributed by atoms with Gasteiger partial charge >= 0.3 is 0 Å². The van der Waals surface area contributed by atoms with Crippen LogP contribution in [0.4, 0.5) is 5.82 Å². The molecular weight excluding hydrogens is 244 g/mol. The first-order valence-electron chi connectivity index (χ1n) is 6.31. The molecule has 2 rings (SSSR count). The maximum atomic E-state index is 12.3. The highest BCUT2D eigenvalue weighted by Crippen LogP contribution is 2.17. The van der Waals surface area contributed by atoms with Crippen LogP contribution in [0.2, 0.25) is 0 Å². The van der Waals surface area contributed by atoms with Crippen molar-refractivity contribution in [3.8, 4) is 0 Å². The van der Waals surface area contributed by atoms with Gasteiger partial charge in [0.05, 0.1) is 6.54 Å². The summed E-state index contributed by atoms with van der Waals surface area (Å²) in [5.74, 6) is 0.215. The van der Waals surface area contributed by atoms with E-state index in [1.165, 1.54) is 4.90 Å². The maximum absolute atomic E-state index is 12.3. The molecule has 1 fully saturated rings. The molecule has 2 amide bonds. The molecule has 2 heterocycles. The van der Waals surface area contributed by atoms with E-state index in [2.05, 4.69) is 10.3 Å². The number of nitrogens with two attached hydrogens (primary N) is 1.